The third-order valence-corrected chi connectivity index (χ3v) is 3.26. The monoisotopic (exact) mass is 269 g/mol. The van der Waals surface area contributed by atoms with Crippen molar-refractivity contribution in [1.82, 2.24) is 5.32 Å². The van der Waals surface area contributed by atoms with Crippen molar-refractivity contribution < 1.29 is 4.74 Å². The van der Waals surface area contributed by atoms with Crippen LogP contribution in [0.1, 0.15) is 32.8 Å². The topological polar surface area (TPSA) is 21.3 Å². The number of hydrogen-bond donors (Lipinski definition) is 1. The Balaban J connectivity index is 2.55. The van der Waals surface area contributed by atoms with E-state index in [1.165, 1.54) is 0 Å². The highest BCUT2D eigenvalue weighted by Gasteiger charge is 2.13. The van der Waals surface area contributed by atoms with E-state index in [9.17, 15) is 0 Å². The number of benzene rings is 1. The minimum atomic E-state index is 0.363. The molecule has 0 aliphatic carbocycles. The van der Waals surface area contributed by atoms with E-state index in [2.05, 4.69) is 26.1 Å². The first-order valence-electron chi connectivity index (χ1n) is 6.67. The van der Waals surface area contributed by atoms with E-state index in [0.717, 1.165) is 24.3 Å². The molecule has 102 valence electrons. The van der Waals surface area contributed by atoms with Gasteiger partial charge in [0.25, 0.3) is 0 Å². The van der Waals surface area contributed by atoms with Crippen LogP contribution in [0.3, 0.4) is 0 Å². The summed E-state index contributed by atoms with van der Waals surface area (Å²) in [5, 5.41) is 4.19. The Morgan fingerprint density at radius 2 is 2.06 bits per heavy atom. The Bertz CT molecular complexity index is 366. The Morgan fingerprint density at radius 3 is 2.61 bits per heavy atom. The number of nitrogens with one attached hydrogen (secondary N) is 1. The molecule has 1 aromatic carbocycles. The van der Waals surface area contributed by atoms with Gasteiger partial charge in [0.2, 0.25) is 0 Å². The van der Waals surface area contributed by atoms with Gasteiger partial charge < -0.3 is 10.1 Å². The zero-order valence-corrected chi connectivity index (χ0v) is 12.6. The summed E-state index contributed by atoms with van der Waals surface area (Å²) in [6.45, 7) is 10.3. The Hall–Kier alpha value is -0.730. The van der Waals surface area contributed by atoms with Gasteiger partial charge in [0.05, 0.1) is 5.02 Å². The van der Waals surface area contributed by atoms with Gasteiger partial charge in [-0.05, 0) is 43.5 Å². The normalized spacial score (nSPS) is 12.8. The summed E-state index contributed by atoms with van der Waals surface area (Å²) in [5.41, 5.74) is 1.15. The molecular formula is C15H24ClNO. The molecule has 1 aromatic rings. The van der Waals surface area contributed by atoms with E-state index in [1.54, 1.807) is 0 Å². The first kappa shape index (κ1) is 15.3. The molecule has 1 N–H and O–H groups in total. The van der Waals surface area contributed by atoms with Crippen molar-refractivity contribution >= 4 is 11.6 Å². The van der Waals surface area contributed by atoms with E-state index < -0.39 is 0 Å². The van der Waals surface area contributed by atoms with Crippen LogP contribution in [0.25, 0.3) is 0 Å². The van der Waals surface area contributed by atoms with Gasteiger partial charge in [0.15, 0.2) is 0 Å². The van der Waals surface area contributed by atoms with Crippen LogP contribution in [0.4, 0.5) is 0 Å². The molecule has 0 aromatic heterocycles. The van der Waals surface area contributed by atoms with E-state index in [4.69, 9.17) is 16.3 Å². The summed E-state index contributed by atoms with van der Waals surface area (Å²) >= 11 is 6.15. The van der Waals surface area contributed by atoms with Gasteiger partial charge in [0, 0.05) is 6.04 Å². The Labute approximate surface area is 116 Å². The second-order valence-corrected chi connectivity index (χ2v) is 5.46. The highest BCUT2D eigenvalue weighted by molar-refractivity contribution is 6.32. The van der Waals surface area contributed by atoms with Gasteiger partial charge >= 0.3 is 0 Å². The number of halogens is 1. The van der Waals surface area contributed by atoms with Crippen molar-refractivity contribution in [3.8, 4) is 5.75 Å². The largest absolute Gasteiger partial charge is 0.490 e. The van der Waals surface area contributed by atoms with Crippen molar-refractivity contribution in [1.29, 1.82) is 0 Å². The fourth-order valence-corrected chi connectivity index (χ4v) is 2.01. The molecule has 3 heteroatoms. The van der Waals surface area contributed by atoms with Crippen LogP contribution >= 0.6 is 11.6 Å². The fraction of sp³-hybridized carbons (Fsp3) is 0.600. The smallest absolute Gasteiger partial charge is 0.137 e. The molecule has 0 heterocycles. The molecule has 0 saturated carbocycles. The van der Waals surface area contributed by atoms with Gasteiger partial charge in [-0.15, -0.1) is 0 Å². The maximum Gasteiger partial charge on any atom is 0.137 e. The fourth-order valence-electron chi connectivity index (χ4n) is 1.72. The quantitative estimate of drug-likeness (QED) is 0.806. The van der Waals surface area contributed by atoms with Crippen LogP contribution in [-0.2, 0) is 0 Å². The summed E-state index contributed by atoms with van der Waals surface area (Å²) in [5.74, 6) is 1.31. The first-order chi connectivity index (χ1) is 8.54. The lowest BCUT2D eigenvalue weighted by atomic mass is 10.1. The molecule has 0 spiro atoms. The van der Waals surface area contributed by atoms with E-state index in [0.29, 0.717) is 23.6 Å². The lowest BCUT2D eigenvalue weighted by Gasteiger charge is -2.22. The zero-order chi connectivity index (χ0) is 13.5. The molecule has 1 atom stereocenters. The van der Waals surface area contributed by atoms with E-state index in [-0.39, 0.29) is 0 Å². The summed E-state index contributed by atoms with van der Waals surface area (Å²) in [4.78, 5) is 0. The van der Waals surface area contributed by atoms with Crippen LogP contribution < -0.4 is 10.1 Å². The Kier molecular flexibility index (Phi) is 6.51. The van der Waals surface area contributed by atoms with Crippen LogP contribution in [0.5, 0.6) is 5.75 Å². The third kappa shape index (κ3) is 4.87. The molecule has 0 saturated heterocycles. The van der Waals surface area contributed by atoms with Gasteiger partial charge in [0.1, 0.15) is 12.4 Å². The van der Waals surface area contributed by atoms with Crippen molar-refractivity contribution in [2.45, 2.75) is 40.2 Å². The van der Waals surface area contributed by atoms with E-state index in [1.807, 2.05) is 25.1 Å². The molecule has 0 bridgehead atoms. The second kappa shape index (κ2) is 7.65. The van der Waals surface area contributed by atoms with Gasteiger partial charge in [-0.3, -0.25) is 0 Å². The molecule has 1 rings (SSSR count). The highest BCUT2D eigenvalue weighted by atomic mass is 35.5. The number of rotatable bonds is 7. The second-order valence-electron chi connectivity index (χ2n) is 5.05. The molecule has 0 amide bonds. The number of hydrogen-bond acceptors (Lipinski definition) is 2. The standard InChI is InChI=1S/C15H24ClNO/c1-5-8-17-14(11(2)3)10-18-15-7-6-12(4)9-13(15)16/h6-7,9,11,14,17H,5,8,10H2,1-4H3. The molecule has 0 radical (unpaired) electrons. The van der Waals surface area contributed by atoms with Crippen LogP contribution in [0, 0.1) is 12.8 Å². The van der Waals surface area contributed by atoms with Crippen molar-refractivity contribution in [2.75, 3.05) is 13.2 Å². The van der Waals surface area contributed by atoms with Gasteiger partial charge in [-0.25, -0.2) is 0 Å². The minimum Gasteiger partial charge on any atom is -0.490 e. The SMILES string of the molecule is CCCNC(COc1ccc(C)cc1Cl)C(C)C. The average molecular weight is 270 g/mol. The van der Waals surface area contributed by atoms with Crippen molar-refractivity contribution in [2.24, 2.45) is 5.92 Å². The predicted octanol–water partition coefficient (Wildman–Crippen LogP) is 4.05. The van der Waals surface area contributed by atoms with Crippen LogP contribution in [0.2, 0.25) is 5.02 Å². The van der Waals surface area contributed by atoms with Crippen molar-refractivity contribution in [3.05, 3.63) is 28.8 Å². The summed E-state index contributed by atoms with van der Waals surface area (Å²) in [6.07, 6.45) is 1.13. The molecule has 1 unspecified atom stereocenters. The third-order valence-electron chi connectivity index (χ3n) is 2.97. The molecule has 0 fully saturated rings. The zero-order valence-electron chi connectivity index (χ0n) is 11.8. The molecule has 2 nitrogen and oxygen atoms in total. The minimum absolute atomic E-state index is 0.363. The lowest BCUT2D eigenvalue weighted by molar-refractivity contribution is 0.230. The summed E-state index contributed by atoms with van der Waals surface area (Å²) < 4.78 is 5.82. The summed E-state index contributed by atoms with van der Waals surface area (Å²) in [7, 11) is 0. The first-order valence-corrected chi connectivity index (χ1v) is 7.04. The average Bonchev–Trinajstić information content (AvgIpc) is 2.31. The highest BCUT2D eigenvalue weighted by Crippen LogP contribution is 2.25. The summed E-state index contributed by atoms with van der Waals surface area (Å²) in [6, 6.07) is 6.25. The number of aryl methyl sites for hydroxylation is 1. The van der Waals surface area contributed by atoms with Crippen LogP contribution in [-0.4, -0.2) is 19.2 Å². The predicted molar refractivity (Wildman–Crippen MR) is 78.6 cm³/mol. The Morgan fingerprint density at radius 1 is 1.33 bits per heavy atom. The molecule has 18 heavy (non-hydrogen) atoms. The van der Waals surface area contributed by atoms with Crippen molar-refractivity contribution in [3.63, 3.8) is 0 Å². The number of ether oxygens (including phenoxy) is 1. The lowest BCUT2D eigenvalue weighted by Crippen LogP contribution is -2.39. The molecular weight excluding hydrogens is 246 g/mol. The molecule has 0 aliphatic heterocycles. The molecule has 0 aliphatic rings. The maximum absolute atomic E-state index is 6.15. The van der Waals surface area contributed by atoms with E-state index >= 15 is 0 Å². The van der Waals surface area contributed by atoms with Crippen LogP contribution in [0.15, 0.2) is 18.2 Å². The van der Waals surface area contributed by atoms with Gasteiger partial charge in [-0.1, -0.05) is 38.4 Å². The maximum atomic E-state index is 6.15. The van der Waals surface area contributed by atoms with Gasteiger partial charge in [-0.2, -0.15) is 0 Å².